The maximum absolute atomic E-state index is 12.6. The van der Waals surface area contributed by atoms with Crippen molar-refractivity contribution in [1.29, 1.82) is 0 Å². The molecule has 1 saturated carbocycles. The van der Waals surface area contributed by atoms with Crippen LogP contribution in [0.25, 0.3) is 33.4 Å². The summed E-state index contributed by atoms with van der Waals surface area (Å²) >= 11 is 0. The highest BCUT2D eigenvalue weighted by molar-refractivity contribution is 6.02. The maximum atomic E-state index is 12.6. The molecular weight excluding hydrogens is 438 g/mol. The number of nitrogens with one attached hydrogen (secondary N) is 2. The number of aromatic amines is 1. The zero-order valence-electron chi connectivity index (χ0n) is 18.9. The zero-order chi connectivity index (χ0) is 23.8. The summed E-state index contributed by atoms with van der Waals surface area (Å²) in [6.45, 7) is 0. The van der Waals surface area contributed by atoms with Gasteiger partial charge in [-0.1, -0.05) is 42.5 Å². The van der Waals surface area contributed by atoms with Gasteiger partial charge in [-0.25, -0.2) is 4.98 Å². The standard InChI is InChI=1S/C28H23N5O2/c29-26-25-23(17-9-13-22(14-10-17)35-21-7-2-1-3-8-21)16-24(31-27(25)33-32-26)18-5-4-6-19(15-18)28(34)30-20-11-12-20/h1-10,13-16,20H,11-12H2,(H,30,34)(H3,29,31,32,33). The fourth-order valence-electron chi connectivity index (χ4n) is 4.07. The van der Waals surface area contributed by atoms with E-state index in [0.29, 0.717) is 23.1 Å². The van der Waals surface area contributed by atoms with E-state index in [4.69, 9.17) is 15.5 Å². The van der Waals surface area contributed by atoms with Crippen LogP contribution in [-0.2, 0) is 0 Å². The first-order valence-electron chi connectivity index (χ1n) is 11.5. The van der Waals surface area contributed by atoms with Crippen LogP contribution in [0.4, 0.5) is 5.82 Å². The Bertz CT molecular complexity index is 1520. The number of amides is 1. The molecule has 3 aromatic carbocycles. The van der Waals surface area contributed by atoms with Gasteiger partial charge in [0.1, 0.15) is 11.5 Å². The molecule has 4 N–H and O–H groups in total. The number of hydrogen-bond donors (Lipinski definition) is 3. The molecule has 1 aliphatic rings. The molecule has 1 aliphatic carbocycles. The Hall–Kier alpha value is -4.65. The first-order chi connectivity index (χ1) is 17.1. The maximum Gasteiger partial charge on any atom is 0.251 e. The van der Waals surface area contributed by atoms with Crippen LogP contribution >= 0.6 is 0 Å². The molecule has 0 spiro atoms. The SMILES string of the molecule is Nc1n[nH]c2nc(-c3cccc(C(=O)NC4CC4)c3)cc(-c3ccc(Oc4ccccc4)cc3)c12. The average molecular weight is 462 g/mol. The molecule has 0 atom stereocenters. The molecule has 2 aromatic heterocycles. The van der Waals surface area contributed by atoms with Crippen LogP contribution in [0.2, 0.25) is 0 Å². The van der Waals surface area contributed by atoms with Crippen molar-refractivity contribution in [3.05, 3.63) is 90.5 Å². The Kier molecular flexibility index (Phi) is 5.15. The number of carbonyl (C=O) groups is 1. The largest absolute Gasteiger partial charge is 0.457 e. The molecule has 1 amide bonds. The van der Waals surface area contributed by atoms with Crippen molar-refractivity contribution in [2.24, 2.45) is 0 Å². The van der Waals surface area contributed by atoms with Gasteiger partial charge >= 0.3 is 0 Å². The molecule has 0 bridgehead atoms. The number of fused-ring (bicyclic) bond motifs is 1. The van der Waals surface area contributed by atoms with Crippen molar-refractivity contribution in [2.75, 3.05) is 5.73 Å². The highest BCUT2D eigenvalue weighted by Gasteiger charge is 2.24. The second kappa shape index (κ2) is 8.61. The Morgan fingerprint density at radius 1 is 0.914 bits per heavy atom. The van der Waals surface area contributed by atoms with Crippen molar-refractivity contribution in [1.82, 2.24) is 20.5 Å². The minimum atomic E-state index is -0.0598. The molecule has 172 valence electrons. The number of nitrogen functional groups attached to an aromatic ring is 1. The van der Waals surface area contributed by atoms with Crippen molar-refractivity contribution in [3.63, 3.8) is 0 Å². The molecule has 5 aromatic rings. The second-order valence-electron chi connectivity index (χ2n) is 8.66. The van der Waals surface area contributed by atoms with Crippen LogP contribution in [0, 0.1) is 0 Å². The molecule has 2 heterocycles. The van der Waals surface area contributed by atoms with Gasteiger partial charge in [-0.2, -0.15) is 5.10 Å². The summed E-state index contributed by atoms with van der Waals surface area (Å²) in [6, 6.07) is 27.3. The van der Waals surface area contributed by atoms with Crippen molar-refractivity contribution in [3.8, 4) is 33.9 Å². The van der Waals surface area contributed by atoms with Gasteiger partial charge in [-0.15, -0.1) is 0 Å². The van der Waals surface area contributed by atoms with Gasteiger partial charge in [0.15, 0.2) is 11.5 Å². The summed E-state index contributed by atoms with van der Waals surface area (Å²) in [4.78, 5) is 17.3. The van der Waals surface area contributed by atoms with E-state index in [1.54, 1.807) is 0 Å². The quantitative estimate of drug-likeness (QED) is 0.307. The highest BCUT2D eigenvalue weighted by atomic mass is 16.5. The molecule has 35 heavy (non-hydrogen) atoms. The van der Waals surface area contributed by atoms with E-state index in [1.807, 2.05) is 84.9 Å². The Morgan fingerprint density at radius 2 is 1.69 bits per heavy atom. The Balaban J connectivity index is 1.37. The van der Waals surface area contributed by atoms with E-state index in [9.17, 15) is 4.79 Å². The van der Waals surface area contributed by atoms with Gasteiger partial charge in [-0.3, -0.25) is 9.89 Å². The molecule has 0 unspecified atom stereocenters. The number of H-pyrrole nitrogens is 1. The van der Waals surface area contributed by atoms with Crippen LogP contribution in [-0.4, -0.2) is 27.1 Å². The summed E-state index contributed by atoms with van der Waals surface area (Å²) in [5, 5.41) is 10.9. The number of anilines is 1. The number of rotatable bonds is 6. The Labute approximate surface area is 202 Å². The zero-order valence-corrected chi connectivity index (χ0v) is 18.9. The first kappa shape index (κ1) is 20.9. The van der Waals surface area contributed by atoms with E-state index >= 15 is 0 Å². The topological polar surface area (TPSA) is 106 Å². The molecule has 6 rings (SSSR count). The van der Waals surface area contributed by atoms with Gasteiger partial charge < -0.3 is 15.8 Å². The molecule has 0 radical (unpaired) electrons. The van der Waals surface area contributed by atoms with Gasteiger partial charge in [0.25, 0.3) is 5.91 Å². The minimum absolute atomic E-state index is 0.0598. The number of pyridine rings is 1. The van der Waals surface area contributed by atoms with E-state index in [-0.39, 0.29) is 5.91 Å². The first-order valence-corrected chi connectivity index (χ1v) is 11.5. The highest BCUT2D eigenvalue weighted by Crippen LogP contribution is 2.35. The van der Waals surface area contributed by atoms with Crippen LogP contribution < -0.4 is 15.8 Å². The molecular formula is C28H23N5O2. The summed E-state index contributed by atoms with van der Waals surface area (Å²) in [5.41, 5.74) is 10.8. The van der Waals surface area contributed by atoms with Crippen molar-refractivity contribution < 1.29 is 9.53 Å². The molecule has 1 fully saturated rings. The number of nitrogens with two attached hydrogens (primary N) is 1. The summed E-state index contributed by atoms with van der Waals surface area (Å²) in [5.74, 6) is 1.84. The van der Waals surface area contributed by atoms with Gasteiger partial charge in [0.2, 0.25) is 0 Å². The number of aromatic nitrogens is 3. The summed E-state index contributed by atoms with van der Waals surface area (Å²) < 4.78 is 5.93. The van der Waals surface area contributed by atoms with Gasteiger partial charge in [0, 0.05) is 17.2 Å². The van der Waals surface area contributed by atoms with Crippen molar-refractivity contribution in [2.45, 2.75) is 18.9 Å². The summed E-state index contributed by atoms with van der Waals surface area (Å²) in [7, 11) is 0. The third-order valence-corrected chi connectivity index (χ3v) is 6.04. The predicted molar refractivity (Wildman–Crippen MR) is 136 cm³/mol. The van der Waals surface area contributed by atoms with Crippen LogP contribution in [0.1, 0.15) is 23.2 Å². The van der Waals surface area contributed by atoms with E-state index in [2.05, 4.69) is 15.5 Å². The van der Waals surface area contributed by atoms with Crippen molar-refractivity contribution >= 4 is 22.8 Å². The second-order valence-corrected chi connectivity index (χ2v) is 8.66. The van der Waals surface area contributed by atoms with Crippen LogP contribution in [0.5, 0.6) is 11.5 Å². The summed E-state index contributed by atoms with van der Waals surface area (Å²) in [6.07, 6.45) is 2.09. The Morgan fingerprint density at radius 3 is 2.46 bits per heavy atom. The van der Waals surface area contributed by atoms with E-state index in [0.717, 1.165) is 52.1 Å². The smallest absolute Gasteiger partial charge is 0.251 e. The number of hydrogen-bond acceptors (Lipinski definition) is 5. The third-order valence-electron chi connectivity index (χ3n) is 6.04. The van der Waals surface area contributed by atoms with E-state index in [1.165, 1.54) is 0 Å². The third kappa shape index (κ3) is 4.31. The minimum Gasteiger partial charge on any atom is -0.457 e. The number of nitrogens with zero attached hydrogens (tertiary/aromatic N) is 2. The monoisotopic (exact) mass is 461 g/mol. The van der Waals surface area contributed by atoms with Gasteiger partial charge in [0.05, 0.1) is 11.1 Å². The fourth-order valence-corrected chi connectivity index (χ4v) is 4.07. The fraction of sp³-hybridized carbons (Fsp3) is 0.107. The lowest BCUT2D eigenvalue weighted by Gasteiger charge is -2.11. The lowest BCUT2D eigenvalue weighted by atomic mass is 9.99. The number of ether oxygens (including phenoxy) is 1. The lowest BCUT2D eigenvalue weighted by Crippen LogP contribution is -2.25. The normalized spacial score (nSPS) is 13.0. The number of carbonyl (C=O) groups excluding carboxylic acids is 1. The van der Waals surface area contributed by atoms with Gasteiger partial charge in [-0.05, 0) is 66.4 Å². The molecule has 0 aliphatic heterocycles. The van der Waals surface area contributed by atoms with Crippen LogP contribution in [0.3, 0.4) is 0 Å². The molecule has 7 heteroatoms. The predicted octanol–water partition coefficient (Wildman–Crippen LogP) is 5.56. The average Bonchev–Trinajstić information content (AvgIpc) is 3.64. The lowest BCUT2D eigenvalue weighted by molar-refractivity contribution is 0.0951. The molecule has 7 nitrogen and oxygen atoms in total. The number of para-hydroxylation sites is 1. The molecule has 0 saturated heterocycles. The number of benzene rings is 3. The van der Waals surface area contributed by atoms with Crippen LogP contribution in [0.15, 0.2) is 84.9 Å². The van der Waals surface area contributed by atoms with E-state index < -0.39 is 0 Å².